The van der Waals surface area contributed by atoms with Crippen LogP contribution in [0.1, 0.15) is 18.4 Å². The number of hydrogen-bond acceptors (Lipinski definition) is 5. The predicted octanol–water partition coefficient (Wildman–Crippen LogP) is 3.54. The highest BCUT2D eigenvalue weighted by Gasteiger charge is 2.31. The normalized spacial score (nSPS) is 15.6. The first-order chi connectivity index (χ1) is 14.3. The van der Waals surface area contributed by atoms with Crippen LogP contribution in [-0.4, -0.2) is 45.9 Å². The van der Waals surface area contributed by atoms with Crippen LogP contribution in [0.5, 0.6) is 11.5 Å². The minimum atomic E-state index is -3.47. The molecule has 1 aliphatic heterocycles. The minimum Gasteiger partial charge on any atom is -0.497 e. The number of nitrogens with zero attached hydrogens (tertiary/aromatic N) is 1. The van der Waals surface area contributed by atoms with Gasteiger partial charge in [0.25, 0.3) is 0 Å². The number of ether oxygens (including phenoxy) is 2. The number of carbonyl (C=O) groups excluding carboxylic acids is 1. The van der Waals surface area contributed by atoms with Crippen LogP contribution in [0.15, 0.2) is 42.5 Å². The summed E-state index contributed by atoms with van der Waals surface area (Å²) >= 11 is 5.95. The Hall–Kier alpha value is -2.29. The number of hydrogen-bond donors (Lipinski definition) is 1. The molecule has 9 heteroatoms. The molecule has 0 unspecified atom stereocenters. The highest BCUT2D eigenvalue weighted by molar-refractivity contribution is 7.88. The molecule has 0 aromatic heterocycles. The van der Waals surface area contributed by atoms with E-state index in [9.17, 15) is 13.2 Å². The lowest BCUT2D eigenvalue weighted by Gasteiger charge is -2.30. The van der Waals surface area contributed by atoms with Gasteiger partial charge in [-0.1, -0.05) is 23.7 Å². The molecule has 2 aromatic rings. The molecule has 1 heterocycles. The first-order valence-corrected chi connectivity index (χ1v) is 11.6. The van der Waals surface area contributed by atoms with E-state index in [-0.39, 0.29) is 17.6 Å². The summed E-state index contributed by atoms with van der Waals surface area (Å²) in [5, 5.41) is 3.39. The summed E-state index contributed by atoms with van der Waals surface area (Å²) in [6.45, 7) is 0.613. The fourth-order valence-corrected chi connectivity index (χ4v) is 5.22. The molecule has 1 fully saturated rings. The van der Waals surface area contributed by atoms with Gasteiger partial charge in [-0.15, -0.1) is 0 Å². The third-order valence-corrected chi connectivity index (χ3v) is 7.21. The number of halogens is 1. The molecule has 3 rings (SSSR count). The van der Waals surface area contributed by atoms with Gasteiger partial charge in [0.1, 0.15) is 11.5 Å². The maximum atomic E-state index is 12.7. The van der Waals surface area contributed by atoms with E-state index in [1.54, 1.807) is 49.6 Å². The number of amides is 1. The second-order valence-electron chi connectivity index (χ2n) is 7.11. The van der Waals surface area contributed by atoms with Gasteiger partial charge in [0.05, 0.1) is 25.7 Å². The van der Waals surface area contributed by atoms with Crippen molar-refractivity contribution in [3.8, 4) is 11.5 Å². The Kier molecular flexibility index (Phi) is 7.23. The molecule has 7 nitrogen and oxygen atoms in total. The van der Waals surface area contributed by atoms with E-state index < -0.39 is 10.0 Å². The molecule has 0 aliphatic carbocycles. The SMILES string of the molecule is COc1ccc(NC(=O)C2CCN(S(=O)(=O)Cc3cccc(Cl)c3)CC2)c(OC)c1. The second-order valence-corrected chi connectivity index (χ2v) is 9.52. The number of piperidine rings is 1. The molecular weight excluding hydrogens is 428 g/mol. The van der Waals surface area contributed by atoms with Crippen molar-refractivity contribution >= 4 is 33.2 Å². The lowest BCUT2D eigenvalue weighted by Crippen LogP contribution is -2.41. The summed E-state index contributed by atoms with van der Waals surface area (Å²) in [6, 6.07) is 12.0. The molecule has 0 saturated carbocycles. The van der Waals surface area contributed by atoms with Crippen molar-refractivity contribution < 1.29 is 22.7 Å². The van der Waals surface area contributed by atoms with Crippen molar-refractivity contribution in [3.05, 3.63) is 53.1 Å². The molecule has 1 saturated heterocycles. The predicted molar refractivity (Wildman–Crippen MR) is 117 cm³/mol. The lowest BCUT2D eigenvalue weighted by molar-refractivity contribution is -0.120. The van der Waals surface area contributed by atoms with Crippen LogP contribution >= 0.6 is 11.6 Å². The van der Waals surface area contributed by atoms with E-state index in [1.807, 2.05) is 0 Å². The van der Waals surface area contributed by atoms with Gasteiger partial charge < -0.3 is 14.8 Å². The van der Waals surface area contributed by atoms with Crippen LogP contribution in [0.4, 0.5) is 5.69 Å². The van der Waals surface area contributed by atoms with Gasteiger partial charge in [-0.3, -0.25) is 4.79 Å². The smallest absolute Gasteiger partial charge is 0.227 e. The molecule has 1 aliphatic rings. The number of benzene rings is 2. The molecule has 30 heavy (non-hydrogen) atoms. The summed E-state index contributed by atoms with van der Waals surface area (Å²) in [4.78, 5) is 12.7. The molecule has 0 atom stereocenters. The van der Waals surface area contributed by atoms with Gasteiger partial charge in [0.15, 0.2) is 0 Å². The first-order valence-electron chi connectivity index (χ1n) is 9.57. The Morgan fingerprint density at radius 3 is 2.50 bits per heavy atom. The van der Waals surface area contributed by atoms with Gasteiger partial charge >= 0.3 is 0 Å². The third kappa shape index (κ3) is 5.44. The summed E-state index contributed by atoms with van der Waals surface area (Å²) < 4.78 is 37.4. The molecule has 162 valence electrons. The van der Waals surface area contributed by atoms with Crippen LogP contribution in [0.25, 0.3) is 0 Å². The second kappa shape index (κ2) is 9.68. The summed E-state index contributed by atoms with van der Waals surface area (Å²) in [6.07, 6.45) is 0.915. The molecule has 1 amide bonds. The maximum absolute atomic E-state index is 12.7. The van der Waals surface area contributed by atoms with Crippen molar-refractivity contribution in [3.63, 3.8) is 0 Å². The summed E-state index contributed by atoms with van der Waals surface area (Å²) in [7, 11) is -0.392. The van der Waals surface area contributed by atoms with Crippen LogP contribution in [0.3, 0.4) is 0 Å². The Bertz CT molecular complexity index is 1000. The molecule has 0 radical (unpaired) electrons. The van der Waals surface area contributed by atoms with E-state index in [4.69, 9.17) is 21.1 Å². The monoisotopic (exact) mass is 452 g/mol. The Morgan fingerprint density at radius 2 is 1.87 bits per heavy atom. The number of rotatable bonds is 7. The highest BCUT2D eigenvalue weighted by atomic mass is 35.5. The van der Waals surface area contributed by atoms with Gasteiger partial charge in [0, 0.05) is 30.1 Å². The van der Waals surface area contributed by atoms with Gasteiger partial charge in [-0.05, 0) is 42.7 Å². The molecule has 0 bridgehead atoms. The molecule has 2 aromatic carbocycles. The summed E-state index contributed by atoms with van der Waals surface area (Å²) in [5.74, 6) is 0.611. The number of methoxy groups -OCH3 is 2. The minimum absolute atomic E-state index is 0.104. The van der Waals surface area contributed by atoms with Crippen LogP contribution in [-0.2, 0) is 20.6 Å². The van der Waals surface area contributed by atoms with Crippen molar-refractivity contribution in [2.75, 3.05) is 32.6 Å². The van der Waals surface area contributed by atoms with Crippen molar-refractivity contribution in [1.82, 2.24) is 4.31 Å². The van der Waals surface area contributed by atoms with Crippen molar-refractivity contribution in [2.45, 2.75) is 18.6 Å². The molecular formula is C21H25ClN2O5S. The third-order valence-electron chi connectivity index (χ3n) is 5.12. The maximum Gasteiger partial charge on any atom is 0.227 e. The topological polar surface area (TPSA) is 84.9 Å². The van der Waals surface area contributed by atoms with E-state index in [2.05, 4.69) is 5.32 Å². The standard InChI is InChI=1S/C21H25ClN2O5S/c1-28-18-6-7-19(20(13-18)29-2)23-21(25)16-8-10-24(11-9-16)30(26,27)14-15-4-3-5-17(22)12-15/h3-7,12-13,16H,8-11,14H2,1-2H3,(H,23,25). The number of nitrogens with one attached hydrogen (secondary N) is 1. The average Bonchev–Trinajstić information content (AvgIpc) is 2.73. The van der Waals surface area contributed by atoms with Crippen molar-refractivity contribution in [2.24, 2.45) is 5.92 Å². The highest BCUT2D eigenvalue weighted by Crippen LogP contribution is 2.30. The fourth-order valence-electron chi connectivity index (χ4n) is 3.46. The Labute approximate surface area is 182 Å². The zero-order chi connectivity index (χ0) is 21.7. The number of anilines is 1. The first kappa shape index (κ1) is 22.4. The quantitative estimate of drug-likeness (QED) is 0.694. The average molecular weight is 453 g/mol. The van der Waals surface area contributed by atoms with Gasteiger partial charge in [-0.2, -0.15) is 0 Å². The van der Waals surface area contributed by atoms with Gasteiger partial charge in [0.2, 0.25) is 15.9 Å². The summed E-state index contributed by atoms with van der Waals surface area (Å²) in [5.41, 5.74) is 1.20. The van der Waals surface area contributed by atoms with E-state index in [0.717, 1.165) is 0 Å². The molecule has 1 N–H and O–H groups in total. The number of sulfonamides is 1. The largest absolute Gasteiger partial charge is 0.497 e. The molecule has 0 spiro atoms. The zero-order valence-electron chi connectivity index (χ0n) is 16.9. The Balaban J connectivity index is 1.59. The Morgan fingerprint density at radius 1 is 1.13 bits per heavy atom. The van der Waals surface area contributed by atoms with Crippen LogP contribution in [0, 0.1) is 5.92 Å². The van der Waals surface area contributed by atoms with E-state index in [0.29, 0.717) is 53.7 Å². The van der Waals surface area contributed by atoms with Crippen LogP contribution in [0.2, 0.25) is 5.02 Å². The van der Waals surface area contributed by atoms with Gasteiger partial charge in [-0.25, -0.2) is 12.7 Å². The van der Waals surface area contributed by atoms with E-state index >= 15 is 0 Å². The van der Waals surface area contributed by atoms with E-state index in [1.165, 1.54) is 11.4 Å². The fraction of sp³-hybridized carbons (Fsp3) is 0.381. The van der Waals surface area contributed by atoms with Crippen LogP contribution < -0.4 is 14.8 Å². The van der Waals surface area contributed by atoms with Crippen molar-refractivity contribution in [1.29, 1.82) is 0 Å². The lowest BCUT2D eigenvalue weighted by atomic mass is 9.97. The number of carbonyl (C=O) groups is 1. The zero-order valence-corrected chi connectivity index (χ0v) is 18.5.